The van der Waals surface area contributed by atoms with Crippen molar-refractivity contribution in [3.05, 3.63) is 45.8 Å². The first-order valence-corrected chi connectivity index (χ1v) is 7.78. The zero-order chi connectivity index (χ0) is 15.5. The van der Waals surface area contributed by atoms with E-state index >= 15 is 0 Å². The molecule has 1 unspecified atom stereocenters. The number of ether oxygens (including phenoxy) is 1. The lowest BCUT2D eigenvalue weighted by atomic mass is 10.1. The lowest BCUT2D eigenvalue weighted by molar-refractivity contribution is 0.0637. The molecule has 22 heavy (non-hydrogen) atoms. The van der Waals surface area contributed by atoms with Gasteiger partial charge in [-0.15, -0.1) is 0 Å². The van der Waals surface area contributed by atoms with Gasteiger partial charge in [0.1, 0.15) is 24.7 Å². The first-order valence-electron chi connectivity index (χ1n) is 7.02. The first-order chi connectivity index (χ1) is 10.6. The molecule has 0 saturated carbocycles. The summed E-state index contributed by atoms with van der Waals surface area (Å²) < 4.78 is 10.5. The topological polar surface area (TPSA) is 58.7 Å². The fraction of sp³-hybridized carbons (Fsp3) is 0.400. The van der Waals surface area contributed by atoms with Crippen molar-refractivity contribution < 1.29 is 14.4 Å². The molecule has 5 nitrogen and oxygen atoms in total. The summed E-state index contributed by atoms with van der Waals surface area (Å²) in [4.78, 5) is 2.15. The number of β-amino-alcohol motifs (C(OH)–C–C–N with tert-alkyl or cyclic N) is 1. The quantitative estimate of drug-likeness (QED) is 0.905. The van der Waals surface area contributed by atoms with E-state index in [0.717, 1.165) is 30.8 Å². The number of halogens is 2. The highest BCUT2D eigenvalue weighted by atomic mass is 35.5. The third-order valence-electron chi connectivity index (χ3n) is 3.58. The van der Waals surface area contributed by atoms with Gasteiger partial charge in [0, 0.05) is 36.6 Å². The minimum Gasteiger partial charge on any atom is -0.489 e. The molecule has 0 fully saturated rings. The average molecular weight is 343 g/mol. The number of nitrogens with zero attached hydrogens (tertiary/aromatic N) is 2. The molecule has 2 heterocycles. The van der Waals surface area contributed by atoms with E-state index in [9.17, 15) is 5.11 Å². The SMILES string of the molecule is OC(COc1ccc(Cl)cc1Cl)CN1CCc2nocc2C1. The second-order valence-corrected chi connectivity index (χ2v) is 6.15. The van der Waals surface area contributed by atoms with Crippen molar-refractivity contribution >= 4 is 23.2 Å². The van der Waals surface area contributed by atoms with E-state index in [1.54, 1.807) is 24.5 Å². The zero-order valence-corrected chi connectivity index (χ0v) is 13.3. The van der Waals surface area contributed by atoms with Crippen LogP contribution in [0.5, 0.6) is 5.75 Å². The maximum absolute atomic E-state index is 10.1. The summed E-state index contributed by atoms with van der Waals surface area (Å²) in [6, 6.07) is 5.01. The van der Waals surface area contributed by atoms with Crippen molar-refractivity contribution in [3.8, 4) is 5.75 Å². The predicted molar refractivity (Wildman–Crippen MR) is 83.4 cm³/mol. The highest BCUT2D eigenvalue weighted by Crippen LogP contribution is 2.27. The maximum Gasteiger partial charge on any atom is 0.138 e. The monoisotopic (exact) mass is 342 g/mol. The number of aromatic nitrogens is 1. The number of hydrogen-bond acceptors (Lipinski definition) is 5. The van der Waals surface area contributed by atoms with Crippen LogP contribution < -0.4 is 4.74 Å². The first kappa shape index (κ1) is 15.6. The Morgan fingerprint density at radius 2 is 2.27 bits per heavy atom. The van der Waals surface area contributed by atoms with Gasteiger partial charge in [0.15, 0.2) is 0 Å². The van der Waals surface area contributed by atoms with Crippen molar-refractivity contribution in [1.82, 2.24) is 10.1 Å². The van der Waals surface area contributed by atoms with Gasteiger partial charge in [-0.1, -0.05) is 28.4 Å². The summed E-state index contributed by atoms with van der Waals surface area (Å²) in [5.74, 6) is 0.519. The molecule has 1 N–H and O–H groups in total. The molecule has 1 aliphatic rings. The maximum atomic E-state index is 10.1. The lowest BCUT2D eigenvalue weighted by Crippen LogP contribution is -2.38. The summed E-state index contributed by atoms with van der Waals surface area (Å²) in [5, 5.41) is 15.1. The number of aliphatic hydroxyl groups is 1. The van der Waals surface area contributed by atoms with Gasteiger partial charge in [-0.25, -0.2) is 0 Å². The fourth-order valence-corrected chi connectivity index (χ4v) is 2.95. The van der Waals surface area contributed by atoms with Gasteiger partial charge >= 0.3 is 0 Å². The molecule has 1 aromatic carbocycles. The van der Waals surface area contributed by atoms with Gasteiger partial charge in [-0.3, -0.25) is 4.90 Å². The van der Waals surface area contributed by atoms with Crippen LogP contribution in [0.4, 0.5) is 0 Å². The van der Waals surface area contributed by atoms with E-state index < -0.39 is 6.10 Å². The van der Waals surface area contributed by atoms with E-state index in [2.05, 4.69) is 10.1 Å². The van der Waals surface area contributed by atoms with E-state index in [1.807, 2.05) is 0 Å². The van der Waals surface area contributed by atoms with E-state index in [0.29, 0.717) is 22.3 Å². The molecule has 0 amide bonds. The Morgan fingerprint density at radius 1 is 1.41 bits per heavy atom. The second kappa shape index (κ2) is 6.87. The van der Waals surface area contributed by atoms with Gasteiger partial charge < -0.3 is 14.4 Å². The van der Waals surface area contributed by atoms with E-state index in [1.165, 1.54) is 0 Å². The lowest BCUT2D eigenvalue weighted by Gasteiger charge is -2.27. The highest BCUT2D eigenvalue weighted by Gasteiger charge is 2.21. The van der Waals surface area contributed by atoms with Crippen molar-refractivity contribution in [3.63, 3.8) is 0 Å². The minimum absolute atomic E-state index is 0.175. The van der Waals surface area contributed by atoms with Crippen LogP contribution >= 0.6 is 23.2 Å². The molecule has 0 spiro atoms. The normalized spacial score (nSPS) is 16.3. The summed E-state index contributed by atoms with van der Waals surface area (Å²) >= 11 is 11.9. The van der Waals surface area contributed by atoms with Gasteiger partial charge in [-0.2, -0.15) is 0 Å². The van der Waals surface area contributed by atoms with Crippen LogP contribution in [0.25, 0.3) is 0 Å². The molecule has 7 heteroatoms. The van der Waals surface area contributed by atoms with Crippen molar-refractivity contribution in [2.75, 3.05) is 19.7 Å². The Labute approximate surface area is 138 Å². The van der Waals surface area contributed by atoms with Crippen molar-refractivity contribution in [2.24, 2.45) is 0 Å². The largest absolute Gasteiger partial charge is 0.489 e. The molecule has 0 bridgehead atoms. The zero-order valence-electron chi connectivity index (χ0n) is 11.8. The summed E-state index contributed by atoms with van der Waals surface area (Å²) in [6.07, 6.45) is 1.90. The van der Waals surface area contributed by atoms with Crippen molar-refractivity contribution in [1.29, 1.82) is 0 Å². The molecule has 1 aliphatic heterocycles. The smallest absolute Gasteiger partial charge is 0.138 e. The van der Waals surface area contributed by atoms with Crippen LogP contribution in [0.2, 0.25) is 10.0 Å². The van der Waals surface area contributed by atoms with Crippen LogP contribution in [0, 0.1) is 0 Å². The molecule has 0 saturated heterocycles. The standard InChI is InChI=1S/C15H16Cl2N2O3/c16-11-1-2-15(13(17)5-11)21-9-12(20)7-19-4-3-14-10(6-19)8-22-18-14/h1-2,5,8,12,20H,3-4,6-7,9H2. The molecule has 3 rings (SSSR count). The third kappa shape index (κ3) is 3.73. The number of aliphatic hydroxyl groups excluding tert-OH is 1. The van der Waals surface area contributed by atoms with Gasteiger partial charge in [0.25, 0.3) is 0 Å². The predicted octanol–water partition coefficient (Wildman–Crippen LogP) is 2.78. The van der Waals surface area contributed by atoms with E-state index in [4.69, 9.17) is 32.5 Å². The van der Waals surface area contributed by atoms with Crippen LogP contribution in [0.1, 0.15) is 11.3 Å². The van der Waals surface area contributed by atoms with Crippen molar-refractivity contribution in [2.45, 2.75) is 19.1 Å². The average Bonchev–Trinajstić information content (AvgIpc) is 2.94. The molecule has 0 aliphatic carbocycles. The number of rotatable bonds is 5. The summed E-state index contributed by atoms with van der Waals surface area (Å²) in [6.45, 7) is 2.28. The molecule has 1 aromatic heterocycles. The van der Waals surface area contributed by atoms with Crippen LogP contribution in [-0.2, 0) is 13.0 Å². The highest BCUT2D eigenvalue weighted by molar-refractivity contribution is 6.35. The van der Waals surface area contributed by atoms with Gasteiger partial charge in [0.05, 0.1) is 10.7 Å². The molecular formula is C15H16Cl2N2O3. The number of benzene rings is 1. The molecular weight excluding hydrogens is 327 g/mol. The Bertz CT molecular complexity index is 647. The van der Waals surface area contributed by atoms with Crippen LogP contribution in [0.3, 0.4) is 0 Å². The molecule has 0 radical (unpaired) electrons. The Hall–Kier alpha value is -1.27. The molecule has 1 atom stereocenters. The van der Waals surface area contributed by atoms with Crippen LogP contribution in [0.15, 0.2) is 29.0 Å². The summed E-state index contributed by atoms with van der Waals surface area (Å²) in [5.41, 5.74) is 2.09. The second-order valence-electron chi connectivity index (χ2n) is 5.31. The van der Waals surface area contributed by atoms with Gasteiger partial charge in [-0.05, 0) is 18.2 Å². The summed E-state index contributed by atoms with van der Waals surface area (Å²) in [7, 11) is 0. The Kier molecular flexibility index (Phi) is 4.88. The minimum atomic E-state index is -0.604. The Balaban J connectivity index is 1.50. The molecule has 118 valence electrons. The fourth-order valence-electron chi connectivity index (χ4n) is 2.48. The van der Waals surface area contributed by atoms with Crippen LogP contribution in [-0.4, -0.2) is 41.0 Å². The third-order valence-corrected chi connectivity index (χ3v) is 4.11. The Morgan fingerprint density at radius 3 is 3.09 bits per heavy atom. The number of hydrogen-bond donors (Lipinski definition) is 1. The molecule has 2 aromatic rings. The number of fused-ring (bicyclic) bond motifs is 1. The van der Waals surface area contributed by atoms with Gasteiger partial charge in [0.2, 0.25) is 0 Å². The van der Waals surface area contributed by atoms with E-state index in [-0.39, 0.29) is 6.61 Å².